The lowest BCUT2D eigenvalue weighted by molar-refractivity contribution is -0.116. The first-order chi connectivity index (χ1) is 10.2. The maximum absolute atomic E-state index is 11.4. The van der Waals surface area contributed by atoms with Crippen molar-refractivity contribution < 1.29 is 9.53 Å². The zero-order valence-electron chi connectivity index (χ0n) is 12.0. The van der Waals surface area contributed by atoms with Gasteiger partial charge in [-0.25, -0.2) is 0 Å². The number of nitrogens with one attached hydrogen (secondary N) is 1. The highest BCUT2D eigenvalue weighted by Gasteiger charge is 2.09. The topological polar surface area (TPSA) is 81.9 Å². The molecule has 2 aromatic rings. The van der Waals surface area contributed by atoms with Crippen molar-refractivity contribution >= 4 is 5.91 Å². The third-order valence-electron chi connectivity index (χ3n) is 2.67. The van der Waals surface area contributed by atoms with Gasteiger partial charge >= 0.3 is 0 Å². The Balaban J connectivity index is 2.10. The second-order valence-corrected chi connectivity index (χ2v) is 4.15. The van der Waals surface area contributed by atoms with Crippen LogP contribution in [0.2, 0.25) is 0 Å². The zero-order chi connectivity index (χ0) is 15.1. The Morgan fingerprint density at radius 1 is 1.38 bits per heavy atom. The number of benzene rings is 1. The van der Waals surface area contributed by atoms with E-state index in [9.17, 15) is 4.79 Å². The number of carbonyl (C=O) groups is 1. The fourth-order valence-electron chi connectivity index (χ4n) is 1.74. The molecule has 0 bridgehead atoms. The smallest absolute Gasteiger partial charge is 0.244 e. The van der Waals surface area contributed by atoms with Gasteiger partial charge in [0.25, 0.3) is 0 Å². The Hall–Kier alpha value is -2.70. The van der Waals surface area contributed by atoms with Crippen LogP contribution in [0.25, 0.3) is 5.69 Å². The Kier molecular flexibility index (Phi) is 5.03. The van der Waals surface area contributed by atoms with E-state index in [-0.39, 0.29) is 12.5 Å². The molecule has 0 aliphatic rings. The molecule has 0 radical (unpaired) electrons. The summed E-state index contributed by atoms with van der Waals surface area (Å²) in [6, 6.07) is 7.42. The normalized spacial score (nSPS) is 10.8. The summed E-state index contributed by atoms with van der Waals surface area (Å²) in [7, 11) is 0. The largest absolute Gasteiger partial charge is 0.494 e. The molecule has 0 aliphatic heterocycles. The van der Waals surface area contributed by atoms with Gasteiger partial charge in [-0.3, -0.25) is 4.79 Å². The maximum atomic E-state index is 11.4. The number of allylic oxidation sites excluding steroid dienone is 1. The summed E-state index contributed by atoms with van der Waals surface area (Å²) < 4.78 is 6.96. The van der Waals surface area contributed by atoms with Crippen LogP contribution < -0.4 is 10.1 Å². The van der Waals surface area contributed by atoms with Gasteiger partial charge in [0.1, 0.15) is 5.75 Å². The molecular weight excluding hydrogens is 270 g/mol. The predicted octanol–water partition coefficient (Wildman–Crippen LogP) is 1.25. The Morgan fingerprint density at radius 2 is 2.14 bits per heavy atom. The SMILES string of the molecule is C/C=C\C(=O)NCc1nnnn1-c1ccc(OCC)cc1. The Labute approximate surface area is 122 Å². The van der Waals surface area contributed by atoms with Crippen LogP contribution in [-0.4, -0.2) is 32.7 Å². The molecule has 1 aromatic carbocycles. The minimum Gasteiger partial charge on any atom is -0.494 e. The van der Waals surface area contributed by atoms with E-state index in [0.717, 1.165) is 11.4 Å². The highest BCUT2D eigenvalue weighted by atomic mass is 16.5. The van der Waals surface area contributed by atoms with E-state index < -0.39 is 0 Å². The Bertz CT molecular complexity index is 619. The van der Waals surface area contributed by atoms with Gasteiger partial charge in [-0.2, -0.15) is 4.68 Å². The van der Waals surface area contributed by atoms with Gasteiger partial charge < -0.3 is 10.1 Å². The van der Waals surface area contributed by atoms with E-state index in [1.54, 1.807) is 17.7 Å². The van der Waals surface area contributed by atoms with Crippen molar-refractivity contribution in [2.75, 3.05) is 6.61 Å². The fraction of sp³-hybridized carbons (Fsp3) is 0.286. The van der Waals surface area contributed by atoms with Gasteiger partial charge in [0, 0.05) is 0 Å². The number of tetrazole rings is 1. The number of aromatic nitrogens is 4. The molecule has 1 heterocycles. The average Bonchev–Trinajstić information content (AvgIpc) is 2.95. The molecule has 1 N–H and O–H groups in total. The van der Waals surface area contributed by atoms with Crippen molar-refractivity contribution in [2.24, 2.45) is 0 Å². The van der Waals surface area contributed by atoms with Gasteiger partial charge in [0.15, 0.2) is 5.82 Å². The maximum Gasteiger partial charge on any atom is 0.244 e. The third kappa shape index (κ3) is 3.88. The summed E-state index contributed by atoms with van der Waals surface area (Å²) in [4.78, 5) is 11.4. The van der Waals surface area contributed by atoms with Crippen LogP contribution in [-0.2, 0) is 11.3 Å². The van der Waals surface area contributed by atoms with E-state index in [1.165, 1.54) is 6.08 Å². The predicted molar refractivity (Wildman–Crippen MR) is 77.0 cm³/mol. The van der Waals surface area contributed by atoms with Crippen molar-refractivity contribution in [3.63, 3.8) is 0 Å². The molecule has 0 fully saturated rings. The summed E-state index contributed by atoms with van der Waals surface area (Å²) in [5.74, 6) is 1.16. The van der Waals surface area contributed by atoms with Gasteiger partial charge in [0.05, 0.1) is 18.8 Å². The average molecular weight is 287 g/mol. The minimum atomic E-state index is -0.182. The van der Waals surface area contributed by atoms with E-state index in [4.69, 9.17) is 4.74 Å². The molecule has 0 aliphatic carbocycles. The van der Waals surface area contributed by atoms with Gasteiger partial charge in [-0.1, -0.05) is 6.08 Å². The van der Waals surface area contributed by atoms with Crippen LogP contribution in [0.3, 0.4) is 0 Å². The molecule has 110 valence electrons. The third-order valence-corrected chi connectivity index (χ3v) is 2.67. The van der Waals surface area contributed by atoms with Crippen molar-refractivity contribution in [3.8, 4) is 11.4 Å². The lowest BCUT2D eigenvalue weighted by Crippen LogP contribution is -2.22. The standard InChI is InChI=1S/C14H17N5O2/c1-3-5-14(20)15-10-13-16-17-18-19(13)11-6-8-12(9-7-11)21-4-2/h3,5-9H,4,10H2,1-2H3,(H,15,20)/b5-3-. The highest BCUT2D eigenvalue weighted by Crippen LogP contribution is 2.15. The first kappa shape index (κ1) is 14.7. The molecule has 0 saturated heterocycles. The molecule has 1 aromatic heterocycles. The number of hydrogen-bond acceptors (Lipinski definition) is 5. The molecule has 7 nitrogen and oxygen atoms in total. The zero-order valence-corrected chi connectivity index (χ0v) is 12.0. The number of rotatable bonds is 6. The van der Waals surface area contributed by atoms with E-state index >= 15 is 0 Å². The lowest BCUT2D eigenvalue weighted by atomic mass is 10.3. The number of amides is 1. The summed E-state index contributed by atoms with van der Waals surface area (Å²) >= 11 is 0. The van der Waals surface area contributed by atoms with Crippen LogP contribution in [0.5, 0.6) is 5.75 Å². The fourth-order valence-corrected chi connectivity index (χ4v) is 1.74. The molecule has 7 heteroatoms. The van der Waals surface area contributed by atoms with Crippen molar-refractivity contribution in [1.29, 1.82) is 0 Å². The molecular formula is C14H17N5O2. The van der Waals surface area contributed by atoms with E-state index in [2.05, 4.69) is 20.8 Å². The number of carbonyl (C=O) groups excluding carboxylic acids is 1. The van der Waals surface area contributed by atoms with E-state index in [0.29, 0.717) is 12.4 Å². The molecule has 21 heavy (non-hydrogen) atoms. The summed E-state index contributed by atoms with van der Waals surface area (Å²) in [5, 5.41) is 14.2. The molecule has 1 amide bonds. The summed E-state index contributed by atoms with van der Waals surface area (Å²) in [5.41, 5.74) is 0.804. The first-order valence-electron chi connectivity index (χ1n) is 6.65. The second kappa shape index (κ2) is 7.18. The molecule has 0 unspecified atom stereocenters. The summed E-state index contributed by atoms with van der Waals surface area (Å²) in [6.07, 6.45) is 3.12. The summed E-state index contributed by atoms with van der Waals surface area (Å²) in [6.45, 7) is 4.58. The van der Waals surface area contributed by atoms with Crippen LogP contribution in [0.4, 0.5) is 0 Å². The minimum absolute atomic E-state index is 0.182. The van der Waals surface area contributed by atoms with Crippen molar-refractivity contribution in [2.45, 2.75) is 20.4 Å². The molecule has 0 spiro atoms. The Morgan fingerprint density at radius 3 is 2.81 bits per heavy atom. The van der Waals surface area contributed by atoms with Gasteiger partial charge in [0.2, 0.25) is 5.91 Å². The lowest BCUT2D eigenvalue weighted by Gasteiger charge is -2.07. The highest BCUT2D eigenvalue weighted by molar-refractivity contribution is 5.87. The quantitative estimate of drug-likeness (QED) is 0.809. The first-order valence-corrected chi connectivity index (χ1v) is 6.65. The number of hydrogen-bond donors (Lipinski definition) is 1. The second-order valence-electron chi connectivity index (χ2n) is 4.15. The van der Waals surface area contributed by atoms with Gasteiger partial charge in [-0.05, 0) is 54.6 Å². The van der Waals surface area contributed by atoms with Gasteiger partial charge in [-0.15, -0.1) is 5.10 Å². The number of ether oxygens (including phenoxy) is 1. The van der Waals surface area contributed by atoms with Crippen LogP contribution in [0.15, 0.2) is 36.4 Å². The molecule has 0 atom stereocenters. The van der Waals surface area contributed by atoms with Crippen LogP contribution in [0.1, 0.15) is 19.7 Å². The molecule has 0 saturated carbocycles. The van der Waals surface area contributed by atoms with Crippen LogP contribution in [0, 0.1) is 0 Å². The number of nitrogens with zero attached hydrogens (tertiary/aromatic N) is 4. The monoisotopic (exact) mass is 287 g/mol. The molecule has 2 rings (SSSR count). The van der Waals surface area contributed by atoms with Crippen molar-refractivity contribution in [3.05, 3.63) is 42.2 Å². The van der Waals surface area contributed by atoms with Crippen molar-refractivity contribution in [1.82, 2.24) is 25.5 Å². The van der Waals surface area contributed by atoms with E-state index in [1.807, 2.05) is 31.2 Å². The van der Waals surface area contributed by atoms with Crippen LogP contribution >= 0.6 is 0 Å².